The summed E-state index contributed by atoms with van der Waals surface area (Å²) < 4.78 is 0. The van der Waals surface area contributed by atoms with Crippen LogP contribution in [-0.2, 0) is 4.79 Å². The summed E-state index contributed by atoms with van der Waals surface area (Å²) in [6, 6.07) is 7.26. The van der Waals surface area contributed by atoms with Crippen molar-refractivity contribution in [2.45, 2.75) is 32.2 Å². The number of benzene rings is 1. The first-order valence-electron chi connectivity index (χ1n) is 7.29. The number of hydrogen-bond donors (Lipinski definition) is 1. The van der Waals surface area contributed by atoms with Crippen LogP contribution >= 0.6 is 0 Å². The number of amides is 3. The smallest absolute Gasteiger partial charge is 0.322 e. The molecule has 0 bridgehead atoms. The maximum Gasteiger partial charge on any atom is 0.322 e. The van der Waals surface area contributed by atoms with Crippen molar-refractivity contribution in [3.8, 4) is 0 Å². The van der Waals surface area contributed by atoms with Gasteiger partial charge in [-0.1, -0.05) is 26.0 Å². The van der Waals surface area contributed by atoms with Crippen molar-refractivity contribution >= 4 is 17.6 Å². The number of nitrogens with zero attached hydrogens (tertiary/aromatic N) is 2. The highest BCUT2D eigenvalue weighted by atomic mass is 16.2. The highest BCUT2D eigenvalue weighted by molar-refractivity contribution is 5.95. The van der Waals surface area contributed by atoms with Gasteiger partial charge in [-0.05, 0) is 30.0 Å². The number of anilines is 1. The first-order chi connectivity index (χ1) is 9.90. The van der Waals surface area contributed by atoms with Crippen LogP contribution in [0, 0.1) is 0 Å². The average Bonchev–Trinajstić information content (AvgIpc) is 2.78. The molecular weight excluding hydrogens is 266 g/mol. The normalized spacial score (nSPS) is 18.2. The molecule has 3 amide bonds. The van der Waals surface area contributed by atoms with E-state index in [2.05, 4.69) is 19.2 Å². The number of likely N-dealkylation sites (tertiary alicyclic amines) is 1. The van der Waals surface area contributed by atoms with Gasteiger partial charge in [0, 0.05) is 26.3 Å². The molecule has 114 valence electrons. The Morgan fingerprint density at radius 2 is 1.95 bits per heavy atom. The van der Waals surface area contributed by atoms with Crippen LogP contribution in [0.25, 0.3) is 0 Å². The Morgan fingerprint density at radius 1 is 1.33 bits per heavy atom. The van der Waals surface area contributed by atoms with E-state index in [1.54, 1.807) is 19.0 Å². The quantitative estimate of drug-likeness (QED) is 0.927. The Hall–Kier alpha value is -2.04. The second-order valence-electron chi connectivity index (χ2n) is 5.86. The van der Waals surface area contributed by atoms with Crippen molar-refractivity contribution < 1.29 is 9.59 Å². The third kappa shape index (κ3) is 3.35. The molecule has 2 rings (SSSR count). The molecular formula is C16H23N3O2. The summed E-state index contributed by atoms with van der Waals surface area (Å²) in [6.07, 6.45) is 0.668. The van der Waals surface area contributed by atoms with Crippen LogP contribution < -0.4 is 10.2 Å². The lowest BCUT2D eigenvalue weighted by Gasteiger charge is -2.21. The molecule has 0 aromatic heterocycles. The van der Waals surface area contributed by atoms with Crippen molar-refractivity contribution in [2.75, 3.05) is 25.5 Å². The molecule has 1 aliphatic heterocycles. The van der Waals surface area contributed by atoms with Gasteiger partial charge in [0.15, 0.2) is 0 Å². The van der Waals surface area contributed by atoms with E-state index in [4.69, 9.17) is 0 Å². The molecule has 1 atom stereocenters. The number of carbonyl (C=O) groups is 2. The Balaban J connectivity index is 2.00. The van der Waals surface area contributed by atoms with E-state index in [1.165, 1.54) is 10.5 Å². The lowest BCUT2D eigenvalue weighted by molar-refractivity contribution is -0.128. The number of carbonyl (C=O) groups excluding carboxylic acids is 2. The lowest BCUT2D eigenvalue weighted by Crippen LogP contribution is -2.46. The predicted octanol–water partition coefficient (Wildman–Crippen LogP) is 2.19. The van der Waals surface area contributed by atoms with E-state index in [0.717, 1.165) is 5.69 Å². The number of rotatable bonds is 3. The molecule has 0 radical (unpaired) electrons. The van der Waals surface area contributed by atoms with Gasteiger partial charge in [-0.2, -0.15) is 0 Å². The Bertz CT molecular complexity index is 525. The summed E-state index contributed by atoms with van der Waals surface area (Å²) in [7, 11) is 3.46. The summed E-state index contributed by atoms with van der Waals surface area (Å²) in [5.41, 5.74) is 2.05. The fourth-order valence-corrected chi connectivity index (χ4v) is 2.40. The zero-order valence-electron chi connectivity index (χ0n) is 13.1. The van der Waals surface area contributed by atoms with E-state index < -0.39 is 6.04 Å². The number of urea groups is 1. The third-order valence-electron chi connectivity index (χ3n) is 3.98. The molecule has 1 aliphatic rings. The van der Waals surface area contributed by atoms with Crippen LogP contribution in [0.5, 0.6) is 0 Å². The van der Waals surface area contributed by atoms with Gasteiger partial charge < -0.3 is 10.2 Å². The number of hydrogen-bond acceptors (Lipinski definition) is 2. The number of nitrogens with one attached hydrogen (secondary N) is 1. The molecule has 5 nitrogen and oxygen atoms in total. The topological polar surface area (TPSA) is 52.7 Å². The largest absolute Gasteiger partial charge is 0.344 e. The molecule has 1 fully saturated rings. The summed E-state index contributed by atoms with van der Waals surface area (Å²) in [5, 5.41) is 2.79. The van der Waals surface area contributed by atoms with Gasteiger partial charge in [0.1, 0.15) is 6.04 Å². The first-order valence-corrected chi connectivity index (χ1v) is 7.29. The molecule has 1 unspecified atom stereocenters. The van der Waals surface area contributed by atoms with Gasteiger partial charge in [-0.25, -0.2) is 4.79 Å². The zero-order chi connectivity index (χ0) is 15.6. The minimum absolute atomic E-state index is 0.0214. The van der Waals surface area contributed by atoms with Gasteiger partial charge >= 0.3 is 6.03 Å². The molecule has 1 heterocycles. The van der Waals surface area contributed by atoms with Gasteiger partial charge in [-0.3, -0.25) is 9.69 Å². The van der Waals surface area contributed by atoms with Crippen molar-refractivity contribution in [1.29, 1.82) is 0 Å². The molecule has 0 aliphatic carbocycles. The second-order valence-corrected chi connectivity index (χ2v) is 5.86. The van der Waals surface area contributed by atoms with Crippen LogP contribution in [-0.4, -0.2) is 43.5 Å². The molecule has 1 aromatic carbocycles. The molecule has 0 spiro atoms. The van der Waals surface area contributed by atoms with Crippen molar-refractivity contribution in [1.82, 2.24) is 10.2 Å². The van der Waals surface area contributed by atoms with Gasteiger partial charge in [0.2, 0.25) is 5.91 Å². The standard InChI is InChI=1S/C16H23N3O2/c1-11(2)12-5-7-13(8-6-12)19(4)16(21)17-14-9-10-18(3)15(14)20/h5-8,11,14H,9-10H2,1-4H3,(H,17,21). The van der Waals surface area contributed by atoms with E-state index in [9.17, 15) is 9.59 Å². The molecule has 1 saturated heterocycles. The minimum Gasteiger partial charge on any atom is -0.344 e. The van der Waals surface area contributed by atoms with E-state index in [0.29, 0.717) is 18.9 Å². The van der Waals surface area contributed by atoms with E-state index >= 15 is 0 Å². The molecule has 1 N–H and O–H groups in total. The van der Waals surface area contributed by atoms with Crippen molar-refractivity contribution in [3.05, 3.63) is 29.8 Å². The van der Waals surface area contributed by atoms with E-state index in [1.807, 2.05) is 24.3 Å². The molecule has 1 aromatic rings. The van der Waals surface area contributed by atoms with Crippen LogP contribution in [0.15, 0.2) is 24.3 Å². The van der Waals surface area contributed by atoms with Crippen molar-refractivity contribution in [3.63, 3.8) is 0 Å². The second kappa shape index (κ2) is 6.16. The maximum atomic E-state index is 12.2. The van der Waals surface area contributed by atoms with Crippen LogP contribution in [0.3, 0.4) is 0 Å². The Labute approximate surface area is 125 Å². The van der Waals surface area contributed by atoms with Crippen LogP contribution in [0.1, 0.15) is 31.7 Å². The van der Waals surface area contributed by atoms with Crippen molar-refractivity contribution in [2.24, 2.45) is 0 Å². The van der Waals surface area contributed by atoms with Crippen LogP contribution in [0.2, 0.25) is 0 Å². The average molecular weight is 289 g/mol. The lowest BCUT2D eigenvalue weighted by atomic mass is 10.0. The highest BCUT2D eigenvalue weighted by Crippen LogP contribution is 2.19. The Kier molecular flexibility index (Phi) is 4.50. The van der Waals surface area contributed by atoms with Crippen LogP contribution in [0.4, 0.5) is 10.5 Å². The molecule has 0 saturated carbocycles. The third-order valence-corrected chi connectivity index (χ3v) is 3.98. The summed E-state index contributed by atoms with van der Waals surface area (Å²) in [4.78, 5) is 27.2. The first kappa shape index (κ1) is 15.4. The predicted molar refractivity (Wildman–Crippen MR) is 83.5 cm³/mol. The van der Waals surface area contributed by atoms with Gasteiger partial charge in [0.05, 0.1) is 0 Å². The summed E-state index contributed by atoms with van der Waals surface area (Å²) in [6.45, 7) is 4.96. The minimum atomic E-state index is -0.403. The monoisotopic (exact) mass is 289 g/mol. The fourth-order valence-electron chi connectivity index (χ4n) is 2.40. The SMILES string of the molecule is CC(C)c1ccc(N(C)C(=O)NC2CCN(C)C2=O)cc1. The summed E-state index contributed by atoms with van der Waals surface area (Å²) >= 11 is 0. The molecule has 21 heavy (non-hydrogen) atoms. The van der Waals surface area contributed by atoms with E-state index in [-0.39, 0.29) is 11.9 Å². The zero-order valence-corrected chi connectivity index (χ0v) is 13.1. The highest BCUT2D eigenvalue weighted by Gasteiger charge is 2.31. The number of likely N-dealkylation sites (N-methyl/N-ethyl adjacent to an activating group) is 1. The maximum absolute atomic E-state index is 12.2. The van der Waals surface area contributed by atoms with Gasteiger partial charge in [0.25, 0.3) is 0 Å². The van der Waals surface area contributed by atoms with Gasteiger partial charge in [-0.15, -0.1) is 0 Å². The summed E-state index contributed by atoms with van der Waals surface area (Å²) in [5.74, 6) is 0.441. The molecule has 5 heteroatoms. The fraction of sp³-hybridized carbons (Fsp3) is 0.500. The Morgan fingerprint density at radius 3 is 2.43 bits per heavy atom.